The Morgan fingerprint density at radius 3 is 2.26 bits per heavy atom. The zero-order valence-corrected chi connectivity index (χ0v) is 21.7. The molecule has 7 nitrogen and oxygen atoms in total. The van der Waals surface area contributed by atoms with Crippen LogP contribution in [0.15, 0.2) is 48.0 Å². The van der Waals surface area contributed by atoms with Gasteiger partial charge in [-0.2, -0.15) is 0 Å². The van der Waals surface area contributed by atoms with E-state index in [4.69, 9.17) is 9.47 Å². The zero-order valence-electron chi connectivity index (χ0n) is 21.7. The van der Waals surface area contributed by atoms with E-state index in [1.54, 1.807) is 13.2 Å². The lowest BCUT2D eigenvalue weighted by atomic mass is 9.85. The first kappa shape index (κ1) is 26.3. The lowest BCUT2D eigenvalue weighted by molar-refractivity contribution is -0.140. The van der Waals surface area contributed by atoms with Crippen LogP contribution >= 0.6 is 0 Å². The molecule has 0 spiro atoms. The molecule has 1 unspecified atom stereocenters. The highest BCUT2D eigenvalue weighted by Crippen LogP contribution is 2.42. The van der Waals surface area contributed by atoms with Crippen molar-refractivity contribution in [1.82, 2.24) is 4.90 Å². The van der Waals surface area contributed by atoms with Crippen LogP contribution in [-0.4, -0.2) is 63.2 Å². The number of rotatable bonds is 8. The van der Waals surface area contributed by atoms with E-state index in [9.17, 15) is 14.7 Å². The van der Waals surface area contributed by atoms with Gasteiger partial charge >= 0.3 is 0 Å². The Morgan fingerprint density at radius 1 is 1.06 bits per heavy atom. The Kier molecular flexibility index (Phi) is 7.90. The number of amides is 1. The van der Waals surface area contributed by atoms with Crippen molar-refractivity contribution in [2.75, 3.05) is 46.4 Å². The van der Waals surface area contributed by atoms with Crippen molar-refractivity contribution in [3.05, 3.63) is 64.7 Å². The van der Waals surface area contributed by atoms with Crippen LogP contribution in [-0.2, 0) is 19.7 Å². The normalized spacial score (nSPS) is 17.7. The maximum Gasteiger partial charge on any atom is 0.295 e. The highest BCUT2D eigenvalue weighted by atomic mass is 16.5. The second-order valence-corrected chi connectivity index (χ2v) is 9.99. The van der Waals surface area contributed by atoms with Crippen LogP contribution in [0.3, 0.4) is 0 Å². The lowest BCUT2D eigenvalue weighted by Crippen LogP contribution is -2.31. The topological polar surface area (TPSA) is 79.3 Å². The van der Waals surface area contributed by atoms with Gasteiger partial charge in [0, 0.05) is 40.0 Å². The molecule has 1 fully saturated rings. The molecule has 0 radical (unpaired) electrons. The first-order valence-corrected chi connectivity index (χ1v) is 11.7. The second-order valence-electron chi connectivity index (χ2n) is 9.99. The van der Waals surface area contributed by atoms with Gasteiger partial charge in [-0.15, -0.1) is 0 Å². The molecule has 188 valence electrons. The van der Waals surface area contributed by atoms with E-state index in [2.05, 4.69) is 20.8 Å². The molecule has 0 bridgehead atoms. The van der Waals surface area contributed by atoms with Crippen molar-refractivity contribution in [3.63, 3.8) is 0 Å². The number of hydrogen-bond acceptors (Lipinski definition) is 6. The number of ether oxygens (including phenoxy) is 2. The average molecular weight is 481 g/mol. The molecule has 3 rings (SSSR count). The molecule has 2 aromatic carbocycles. The number of methoxy groups -OCH3 is 2. The number of ketones is 1. The summed E-state index contributed by atoms with van der Waals surface area (Å²) in [4.78, 5) is 30.0. The van der Waals surface area contributed by atoms with Crippen LogP contribution in [0.4, 0.5) is 5.69 Å². The predicted octanol–water partition coefficient (Wildman–Crippen LogP) is 4.52. The van der Waals surface area contributed by atoms with Gasteiger partial charge in [0.2, 0.25) is 0 Å². The molecule has 1 atom stereocenters. The molecule has 2 aromatic rings. The van der Waals surface area contributed by atoms with Gasteiger partial charge in [-0.1, -0.05) is 39.0 Å². The fourth-order valence-corrected chi connectivity index (χ4v) is 4.30. The summed E-state index contributed by atoms with van der Waals surface area (Å²) in [5, 5.41) is 11.5. The fraction of sp³-hybridized carbons (Fsp3) is 0.429. The Morgan fingerprint density at radius 2 is 1.71 bits per heavy atom. The number of carbonyl (C=O) groups excluding carboxylic acids is 2. The Labute approximate surface area is 207 Å². The number of Topliss-reactive ketones (excluding diaryl/α,β-unsaturated/α-hetero) is 1. The summed E-state index contributed by atoms with van der Waals surface area (Å²) in [5.41, 5.74) is 2.99. The molecule has 1 N–H and O–H groups in total. The fourth-order valence-electron chi connectivity index (χ4n) is 4.30. The molecular weight excluding hydrogens is 444 g/mol. The summed E-state index contributed by atoms with van der Waals surface area (Å²) >= 11 is 0. The highest BCUT2D eigenvalue weighted by molar-refractivity contribution is 6.46. The van der Waals surface area contributed by atoms with Crippen molar-refractivity contribution < 1.29 is 24.2 Å². The standard InChI is InChI=1S/C28H36N2O5/c1-28(2,3)19-11-14-22(35-7)21(17-19)25(31)23-24(18-9-12-20(13-10-18)29(4)5)30(15-8-16-34-6)27(33)26(23)32/h9-14,17,24,31H,8,15-16H2,1-7H3/b25-23+. The third-order valence-electron chi connectivity index (χ3n) is 6.33. The maximum absolute atomic E-state index is 13.3. The summed E-state index contributed by atoms with van der Waals surface area (Å²) in [6, 6.07) is 12.5. The van der Waals surface area contributed by atoms with Gasteiger partial charge < -0.3 is 24.4 Å². The van der Waals surface area contributed by atoms with E-state index >= 15 is 0 Å². The van der Waals surface area contributed by atoms with Crippen LogP contribution in [0, 0.1) is 0 Å². The Hall–Kier alpha value is -3.32. The molecule has 1 amide bonds. The number of likely N-dealkylation sites (tertiary alicyclic amines) is 1. The maximum atomic E-state index is 13.3. The Balaban J connectivity index is 2.21. The summed E-state index contributed by atoms with van der Waals surface area (Å²) in [5.74, 6) is -1.13. The minimum Gasteiger partial charge on any atom is -0.507 e. The van der Waals surface area contributed by atoms with Crippen molar-refractivity contribution in [2.45, 2.75) is 38.6 Å². The van der Waals surface area contributed by atoms with Gasteiger partial charge in [0.25, 0.3) is 11.7 Å². The van der Waals surface area contributed by atoms with Crippen molar-refractivity contribution in [3.8, 4) is 5.75 Å². The third kappa shape index (κ3) is 5.35. The quantitative estimate of drug-likeness (QED) is 0.259. The van der Waals surface area contributed by atoms with Gasteiger partial charge in [-0.3, -0.25) is 9.59 Å². The predicted molar refractivity (Wildman–Crippen MR) is 138 cm³/mol. The second kappa shape index (κ2) is 10.5. The van der Waals surface area contributed by atoms with Crippen LogP contribution in [0.2, 0.25) is 0 Å². The summed E-state index contributed by atoms with van der Waals surface area (Å²) in [7, 11) is 7.00. The number of aliphatic hydroxyl groups excluding tert-OH is 1. The summed E-state index contributed by atoms with van der Waals surface area (Å²) < 4.78 is 10.7. The molecule has 35 heavy (non-hydrogen) atoms. The molecule has 0 aromatic heterocycles. The minimum atomic E-state index is -0.717. The summed E-state index contributed by atoms with van der Waals surface area (Å²) in [6.07, 6.45) is 0.568. The van der Waals surface area contributed by atoms with E-state index < -0.39 is 17.7 Å². The van der Waals surface area contributed by atoms with E-state index in [0.717, 1.165) is 16.8 Å². The smallest absolute Gasteiger partial charge is 0.295 e. The van der Waals surface area contributed by atoms with E-state index in [0.29, 0.717) is 30.9 Å². The van der Waals surface area contributed by atoms with Crippen molar-refractivity contribution in [1.29, 1.82) is 0 Å². The number of aliphatic hydroxyl groups is 1. The van der Waals surface area contributed by atoms with Crippen molar-refractivity contribution >= 4 is 23.1 Å². The van der Waals surface area contributed by atoms with Gasteiger partial charge in [0.15, 0.2) is 0 Å². The lowest BCUT2D eigenvalue weighted by Gasteiger charge is -2.26. The number of anilines is 1. The van der Waals surface area contributed by atoms with Crippen LogP contribution in [0.25, 0.3) is 5.76 Å². The molecule has 1 aliphatic heterocycles. The highest BCUT2D eigenvalue weighted by Gasteiger charge is 2.46. The molecule has 0 saturated carbocycles. The van der Waals surface area contributed by atoms with Gasteiger partial charge in [-0.05, 0) is 47.2 Å². The first-order chi connectivity index (χ1) is 16.5. The monoisotopic (exact) mass is 480 g/mol. The van der Waals surface area contributed by atoms with E-state index in [1.165, 1.54) is 12.0 Å². The van der Waals surface area contributed by atoms with Crippen LogP contribution in [0.1, 0.15) is 49.9 Å². The van der Waals surface area contributed by atoms with E-state index in [1.807, 2.05) is 55.4 Å². The van der Waals surface area contributed by atoms with Gasteiger partial charge in [-0.25, -0.2) is 0 Å². The minimum absolute atomic E-state index is 0.0642. The number of benzene rings is 2. The van der Waals surface area contributed by atoms with Crippen LogP contribution in [0.5, 0.6) is 5.75 Å². The van der Waals surface area contributed by atoms with E-state index in [-0.39, 0.29) is 16.7 Å². The SMILES string of the molecule is COCCCN1C(=O)C(=O)/C(=C(/O)c2cc(C(C)(C)C)ccc2OC)C1c1ccc(N(C)C)cc1. The molecule has 1 aliphatic rings. The van der Waals surface area contributed by atoms with Gasteiger partial charge in [0.1, 0.15) is 11.5 Å². The first-order valence-electron chi connectivity index (χ1n) is 11.7. The zero-order chi connectivity index (χ0) is 25.9. The average Bonchev–Trinajstić information content (AvgIpc) is 3.07. The van der Waals surface area contributed by atoms with Gasteiger partial charge in [0.05, 0.1) is 24.3 Å². The largest absolute Gasteiger partial charge is 0.507 e. The number of nitrogens with zero attached hydrogens (tertiary/aromatic N) is 2. The molecule has 0 aliphatic carbocycles. The number of carbonyl (C=O) groups is 2. The molecule has 1 saturated heterocycles. The molecule has 7 heteroatoms. The Bertz CT molecular complexity index is 1110. The van der Waals surface area contributed by atoms with Crippen LogP contribution < -0.4 is 9.64 Å². The molecule has 1 heterocycles. The van der Waals surface area contributed by atoms with Crippen molar-refractivity contribution in [2.24, 2.45) is 0 Å². The third-order valence-corrected chi connectivity index (χ3v) is 6.33. The molecular formula is C28H36N2O5. The number of hydrogen-bond donors (Lipinski definition) is 1. The summed E-state index contributed by atoms with van der Waals surface area (Å²) in [6.45, 7) is 6.99.